The lowest BCUT2D eigenvalue weighted by molar-refractivity contribution is -0.130. The summed E-state index contributed by atoms with van der Waals surface area (Å²) in [6, 6.07) is 5.43. The zero-order chi connectivity index (χ0) is 15.6. The zero-order valence-corrected chi connectivity index (χ0v) is 13.0. The van der Waals surface area contributed by atoms with Crippen molar-refractivity contribution in [1.29, 1.82) is 0 Å². The summed E-state index contributed by atoms with van der Waals surface area (Å²) < 4.78 is 0. The molecule has 0 saturated heterocycles. The topological polar surface area (TPSA) is 71.2 Å². The molecule has 1 heterocycles. The number of likely N-dealkylation sites (N-methyl/N-ethyl adjacent to an activating group) is 1. The van der Waals surface area contributed by atoms with Crippen LogP contribution in [-0.2, 0) is 4.79 Å². The van der Waals surface area contributed by atoms with Crippen LogP contribution < -0.4 is 11.1 Å². The molecule has 0 radical (unpaired) electrons. The van der Waals surface area contributed by atoms with Gasteiger partial charge in [-0.15, -0.1) is 0 Å². The number of pyridine rings is 1. The van der Waals surface area contributed by atoms with Crippen molar-refractivity contribution in [3.05, 3.63) is 30.1 Å². The number of aryl methyl sites for hydroxylation is 1. The predicted molar refractivity (Wildman–Crippen MR) is 87.3 cm³/mol. The number of fused-ring (bicyclic) bond motifs is 1. The minimum Gasteiger partial charge on any atom is -0.398 e. The Morgan fingerprint density at radius 1 is 1.43 bits per heavy atom. The van der Waals surface area contributed by atoms with Gasteiger partial charge in [-0.1, -0.05) is 0 Å². The van der Waals surface area contributed by atoms with Crippen molar-refractivity contribution in [2.24, 2.45) is 0 Å². The average molecular weight is 286 g/mol. The van der Waals surface area contributed by atoms with Gasteiger partial charge >= 0.3 is 0 Å². The molecule has 112 valence electrons. The predicted octanol–water partition coefficient (Wildman–Crippen LogP) is 2.40. The number of nitrogen functional groups attached to an aromatic ring is 1. The number of carbonyl (C=O) groups excluding carboxylic acids is 1. The molecule has 2 aromatic rings. The van der Waals surface area contributed by atoms with E-state index in [0.29, 0.717) is 12.2 Å². The molecule has 0 aliphatic heterocycles. The van der Waals surface area contributed by atoms with Crippen LogP contribution >= 0.6 is 0 Å². The molecular weight excluding hydrogens is 264 g/mol. The standard InChI is InChI=1S/C16H22N4O/c1-5-20(4)16(21)11(3)19-15-7-6-14(17)13-9-18-10(2)8-12(13)15/h6-9,11,19H,5,17H2,1-4H3. The van der Waals surface area contributed by atoms with E-state index in [-0.39, 0.29) is 11.9 Å². The van der Waals surface area contributed by atoms with Crippen molar-refractivity contribution in [2.45, 2.75) is 26.8 Å². The minimum atomic E-state index is -0.296. The second-order valence-corrected chi connectivity index (χ2v) is 5.29. The van der Waals surface area contributed by atoms with E-state index in [1.54, 1.807) is 18.1 Å². The lowest BCUT2D eigenvalue weighted by Gasteiger charge is -2.22. The van der Waals surface area contributed by atoms with Gasteiger partial charge in [0.2, 0.25) is 5.91 Å². The molecular formula is C16H22N4O. The molecule has 0 aliphatic carbocycles. The summed E-state index contributed by atoms with van der Waals surface area (Å²) in [5.41, 5.74) is 8.50. The van der Waals surface area contributed by atoms with Crippen LogP contribution in [0.1, 0.15) is 19.5 Å². The first-order valence-electron chi connectivity index (χ1n) is 7.10. The molecule has 1 aromatic heterocycles. The first kappa shape index (κ1) is 15.1. The molecule has 1 aromatic carbocycles. The van der Waals surface area contributed by atoms with Crippen molar-refractivity contribution >= 4 is 28.1 Å². The number of nitrogens with one attached hydrogen (secondary N) is 1. The molecule has 2 rings (SSSR count). The molecule has 21 heavy (non-hydrogen) atoms. The summed E-state index contributed by atoms with van der Waals surface area (Å²) >= 11 is 0. The number of benzene rings is 1. The molecule has 5 nitrogen and oxygen atoms in total. The lowest BCUT2D eigenvalue weighted by atomic mass is 10.1. The Hall–Kier alpha value is -2.30. The quantitative estimate of drug-likeness (QED) is 0.847. The van der Waals surface area contributed by atoms with Gasteiger partial charge in [0.05, 0.1) is 0 Å². The van der Waals surface area contributed by atoms with Crippen molar-refractivity contribution in [3.8, 4) is 0 Å². The summed E-state index contributed by atoms with van der Waals surface area (Å²) in [6.45, 7) is 6.45. The number of amides is 1. The van der Waals surface area contributed by atoms with Crippen molar-refractivity contribution in [1.82, 2.24) is 9.88 Å². The van der Waals surface area contributed by atoms with Gasteiger partial charge in [-0.05, 0) is 39.0 Å². The smallest absolute Gasteiger partial charge is 0.244 e. The molecule has 0 fully saturated rings. The maximum atomic E-state index is 12.2. The Morgan fingerprint density at radius 2 is 2.14 bits per heavy atom. The van der Waals surface area contributed by atoms with E-state index < -0.39 is 0 Å². The molecule has 5 heteroatoms. The van der Waals surface area contributed by atoms with Crippen LogP contribution in [0, 0.1) is 6.92 Å². The van der Waals surface area contributed by atoms with Crippen molar-refractivity contribution in [2.75, 3.05) is 24.6 Å². The highest BCUT2D eigenvalue weighted by Crippen LogP contribution is 2.28. The van der Waals surface area contributed by atoms with Crippen molar-refractivity contribution < 1.29 is 4.79 Å². The molecule has 3 N–H and O–H groups in total. The highest BCUT2D eigenvalue weighted by Gasteiger charge is 2.17. The monoisotopic (exact) mass is 286 g/mol. The van der Waals surface area contributed by atoms with E-state index in [9.17, 15) is 4.79 Å². The number of anilines is 2. The Labute approximate surface area is 125 Å². The summed E-state index contributed by atoms with van der Waals surface area (Å²) in [7, 11) is 1.80. The maximum absolute atomic E-state index is 12.2. The SMILES string of the molecule is CCN(C)C(=O)C(C)Nc1ccc(N)c2cnc(C)cc12. The normalized spacial score (nSPS) is 12.2. The fraction of sp³-hybridized carbons (Fsp3) is 0.375. The van der Waals surface area contributed by atoms with Crippen LogP contribution in [0.25, 0.3) is 10.8 Å². The second kappa shape index (κ2) is 5.99. The molecule has 0 aliphatic rings. The third-order valence-corrected chi connectivity index (χ3v) is 3.66. The molecule has 1 atom stereocenters. The Morgan fingerprint density at radius 3 is 2.81 bits per heavy atom. The van der Waals surface area contributed by atoms with Gasteiger partial charge in [-0.3, -0.25) is 9.78 Å². The van der Waals surface area contributed by atoms with E-state index in [2.05, 4.69) is 10.3 Å². The fourth-order valence-corrected chi connectivity index (χ4v) is 2.27. The van der Waals surface area contributed by atoms with Crippen molar-refractivity contribution in [3.63, 3.8) is 0 Å². The highest BCUT2D eigenvalue weighted by molar-refractivity contribution is 6.01. The van der Waals surface area contributed by atoms with Gasteiger partial charge in [0, 0.05) is 47.6 Å². The maximum Gasteiger partial charge on any atom is 0.244 e. The van der Waals surface area contributed by atoms with Crippen LogP contribution in [0.4, 0.5) is 11.4 Å². The number of hydrogen-bond acceptors (Lipinski definition) is 4. The molecule has 1 amide bonds. The Kier molecular flexibility index (Phi) is 4.31. The van der Waals surface area contributed by atoms with Crippen LogP contribution in [0.2, 0.25) is 0 Å². The third-order valence-electron chi connectivity index (χ3n) is 3.66. The van der Waals surface area contributed by atoms with E-state index in [1.807, 2.05) is 39.0 Å². The average Bonchev–Trinajstić information content (AvgIpc) is 2.48. The molecule has 0 spiro atoms. The largest absolute Gasteiger partial charge is 0.398 e. The molecule has 1 unspecified atom stereocenters. The number of aromatic nitrogens is 1. The Balaban J connectivity index is 2.37. The highest BCUT2D eigenvalue weighted by atomic mass is 16.2. The van der Waals surface area contributed by atoms with Gasteiger partial charge in [0.15, 0.2) is 0 Å². The lowest BCUT2D eigenvalue weighted by Crippen LogP contribution is -2.38. The Bertz CT molecular complexity index is 669. The number of rotatable bonds is 4. The summed E-state index contributed by atoms with van der Waals surface area (Å²) in [6.07, 6.45) is 1.77. The van der Waals surface area contributed by atoms with Crippen LogP contribution in [0.5, 0.6) is 0 Å². The van der Waals surface area contributed by atoms with Crippen LogP contribution in [-0.4, -0.2) is 35.4 Å². The van der Waals surface area contributed by atoms with E-state index in [0.717, 1.165) is 22.2 Å². The summed E-state index contributed by atoms with van der Waals surface area (Å²) in [5.74, 6) is 0.0632. The van der Waals surface area contributed by atoms with E-state index in [1.165, 1.54) is 0 Å². The van der Waals surface area contributed by atoms with Crippen LogP contribution in [0.3, 0.4) is 0 Å². The number of carbonyl (C=O) groups is 1. The second-order valence-electron chi connectivity index (χ2n) is 5.29. The van der Waals surface area contributed by atoms with Gasteiger partial charge in [0.1, 0.15) is 6.04 Å². The third kappa shape index (κ3) is 3.07. The molecule has 0 saturated carbocycles. The van der Waals surface area contributed by atoms with Crippen LogP contribution in [0.15, 0.2) is 24.4 Å². The molecule has 0 bridgehead atoms. The van der Waals surface area contributed by atoms with Gasteiger partial charge in [-0.2, -0.15) is 0 Å². The number of nitrogens with two attached hydrogens (primary N) is 1. The zero-order valence-electron chi connectivity index (χ0n) is 13.0. The number of nitrogens with zero attached hydrogens (tertiary/aromatic N) is 2. The van der Waals surface area contributed by atoms with Gasteiger partial charge < -0.3 is 16.0 Å². The first-order chi connectivity index (χ1) is 9.93. The van der Waals surface area contributed by atoms with Gasteiger partial charge in [-0.25, -0.2) is 0 Å². The summed E-state index contributed by atoms with van der Waals surface area (Å²) in [5, 5.41) is 5.16. The van der Waals surface area contributed by atoms with E-state index in [4.69, 9.17) is 5.73 Å². The first-order valence-corrected chi connectivity index (χ1v) is 7.10. The minimum absolute atomic E-state index is 0.0632. The summed E-state index contributed by atoms with van der Waals surface area (Å²) in [4.78, 5) is 18.2. The fourth-order valence-electron chi connectivity index (χ4n) is 2.27. The number of hydrogen-bond donors (Lipinski definition) is 2. The van der Waals surface area contributed by atoms with E-state index >= 15 is 0 Å². The van der Waals surface area contributed by atoms with Gasteiger partial charge in [0.25, 0.3) is 0 Å².